The lowest BCUT2D eigenvalue weighted by Gasteiger charge is -2.04. The van der Waals surface area contributed by atoms with Gasteiger partial charge in [-0.2, -0.15) is 0 Å². The highest BCUT2D eigenvalue weighted by Gasteiger charge is 2.08. The van der Waals surface area contributed by atoms with Gasteiger partial charge in [-0.15, -0.1) is 0 Å². The molecular weight excluding hydrogens is 248 g/mol. The Labute approximate surface area is 125 Å². The van der Waals surface area contributed by atoms with E-state index in [0.29, 0.717) is 0 Å². The van der Waals surface area contributed by atoms with Crippen LogP contribution in [0.5, 0.6) is 0 Å². The smallest absolute Gasteiger partial charge is 0.306 e. The van der Waals surface area contributed by atoms with Crippen molar-refractivity contribution in [3.63, 3.8) is 0 Å². The van der Waals surface area contributed by atoms with Gasteiger partial charge >= 0.3 is 5.97 Å². The van der Waals surface area contributed by atoms with Crippen molar-refractivity contribution in [3.05, 3.63) is 23.3 Å². The van der Waals surface area contributed by atoms with Crippen LogP contribution in [-0.2, 0) is 4.79 Å². The number of allylic oxidation sites excluding steroid dienone is 4. The van der Waals surface area contributed by atoms with Crippen molar-refractivity contribution < 1.29 is 9.90 Å². The summed E-state index contributed by atoms with van der Waals surface area (Å²) in [5, 5.41) is 8.81. The molecule has 20 heavy (non-hydrogen) atoms. The van der Waals surface area contributed by atoms with Crippen molar-refractivity contribution in [2.45, 2.75) is 79.1 Å². The second kappa shape index (κ2) is 11.7. The maximum atomic E-state index is 10.7. The van der Waals surface area contributed by atoms with E-state index in [9.17, 15) is 4.79 Å². The predicted octanol–water partition coefficient (Wildman–Crippen LogP) is 5.74. The van der Waals surface area contributed by atoms with Crippen LogP contribution in [0.25, 0.3) is 0 Å². The van der Waals surface area contributed by atoms with Crippen LogP contribution in [0.4, 0.5) is 0 Å². The first-order valence-electron chi connectivity index (χ1n) is 8.01. The molecule has 0 aliphatic heterocycles. The van der Waals surface area contributed by atoms with E-state index in [1.54, 1.807) is 6.92 Å². The molecule has 2 nitrogen and oxygen atoms in total. The summed E-state index contributed by atoms with van der Waals surface area (Å²) in [5.41, 5.74) is 2.88. The zero-order valence-electron chi connectivity index (χ0n) is 13.7. The minimum absolute atomic E-state index is 0.236. The van der Waals surface area contributed by atoms with E-state index in [1.165, 1.54) is 36.8 Å². The highest BCUT2D eigenvalue weighted by atomic mass is 16.4. The fraction of sp³-hybridized carbons (Fsp3) is 0.722. The summed E-state index contributed by atoms with van der Waals surface area (Å²) in [4.78, 5) is 10.7. The summed E-state index contributed by atoms with van der Waals surface area (Å²) >= 11 is 0. The van der Waals surface area contributed by atoms with Crippen LogP contribution >= 0.6 is 0 Å². The fourth-order valence-corrected chi connectivity index (χ4v) is 2.11. The van der Waals surface area contributed by atoms with Gasteiger partial charge in [-0.3, -0.25) is 4.79 Å². The summed E-state index contributed by atoms with van der Waals surface area (Å²) in [6.07, 6.45) is 13.5. The van der Waals surface area contributed by atoms with Crippen molar-refractivity contribution in [2.75, 3.05) is 0 Å². The molecule has 116 valence electrons. The summed E-state index contributed by atoms with van der Waals surface area (Å²) in [5.74, 6) is -0.929. The zero-order chi connectivity index (χ0) is 15.4. The average Bonchev–Trinajstić information content (AvgIpc) is 2.38. The first-order valence-corrected chi connectivity index (χ1v) is 8.01. The maximum Gasteiger partial charge on any atom is 0.306 e. The minimum atomic E-state index is -0.693. The summed E-state index contributed by atoms with van der Waals surface area (Å²) < 4.78 is 0. The number of carboxylic acids is 1. The van der Waals surface area contributed by atoms with E-state index >= 15 is 0 Å². The summed E-state index contributed by atoms with van der Waals surface area (Å²) in [6, 6.07) is 0. The van der Waals surface area contributed by atoms with Crippen LogP contribution < -0.4 is 0 Å². The number of hydrogen-bond donors (Lipinski definition) is 1. The van der Waals surface area contributed by atoms with Crippen LogP contribution in [-0.4, -0.2) is 11.1 Å². The van der Waals surface area contributed by atoms with Crippen molar-refractivity contribution in [1.29, 1.82) is 0 Å². The SMILES string of the molecule is CCCCCC(C)=CCCC(C)=CCCC(C)C(=O)O. The fourth-order valence-electron chi connectivity index (χ4n) is 2.11. The molecule has 1 N–H and O–H groups in total. The third kappa shape index (κ3) is 10.8. The molecule has 1 unspecified atom stereocenters. The second-order valence-corrected chi connectivity index (χ2v) is 5.91. The van der Waals surface area contributed by atoms with E-state index in [1.807, 2.05) is 0 Å². The molecule has 0 spiro atoms. The molecule has 1 atom stereocenters. The number of hydrogen-bond acceptors (Lipinski definition) is 1. The van der Waals surface area contributed by atoms with E-state index in [4.69, 9.17) is 5.11 Å². The molecule has 0 radical (unpaired) electrons. The van der Waals surface area contributed by atoms with Crippen LogP contribution in [0, 0.1) is 5.92 Å². The molecule has 0 aliphatic rings. The number of carboxylic acid groups (broad SMARTS) is 1. The predicted molar refractivity (Wildman–Crippen MR) is 86.9 cm³/mol. The Bertz CT molecular complexity index is 326. The molecule has 0 aromatic carbocycles. The lowest BCUT2D eigenvalue weighted by Crippen LogP contribution is -2.08. The van der Waals surface area contributed by atoms with Gasteiger partial charge < -0.3 is 5.11 Å². The monoisotopic (exact) mass is 280 g/mol. The van der Waals surface area contributed by atoms with Crippen LogP contribution in [0.1, 0.15) is 79.1 Å². The molecule has 0 saturated heterocycles. The average molecular weight is 280 g/mol. The Morgan fingerprint density at radius 2 is 1.65 bits per heavy atom. The Morgan fingerprint density at radius 1 is 1.05 bits per heavy atom. The Balaban J connectivity index is 3.83. The molecule has 0 aromatic heterocycles. The first-order chi connectivity index (χ1) is 9.47. The third-order valence-corrected chi connectivity index (χ3v) is 3.72. The standard InChI is InChI=1S/C18H32O2/c1-5-6-7-10-15(2)11-8-12-16(3)13-9-14-17(4)18(19)20/h11,13,17H,5-10,12,14H2,1-4H3,(H,19,20). The number of rotatable bonds is 11. The third-order valence-electron chi connectivity index (χ3n) is 3.72. The van der Waals surface area contributed by atoms with Crippen molar-refractivity contribution in [1.82, 2.24) is 0 Å². The lowest BCUT2D eigenvalue weighted by atomic mass is 10.0. The molecule has 0 fully saturated rings. The quantitative estimate of drug-likeness (QED) is 0.387. The first kappa shape index (κ1) is 18.9. The lowest BCUT2D eigenvalue weighted by molar-refractivity contribution is -0.141. The zero-order valence-corrected chi connectivity index (χ0v) is 13.7. The van der Waals surface area contributed by atoms with Gasteiger partial charge in [-0.25, -0.2) is 0 Å². The number of unbranched alkanes of at least 4 members (excludes halogenated alkanes) is 2. The topological polar surface area (TPSA) is 37.3 Å². The van der Waals surface area contributed by atoms with Gasteiger partial charge in [0.1, 0.15) is 0 Å². The van der Waals surface area contributed by atoms with Crippen molar-refractivity contribution >= 4 is 5.97 Å². The Morgan fingerprint density at radius 3 is 2.25 bits per heavy atom. The molecular formula is C18H32O2. The van der Waals surface area contributed by atoms with E-state index in [2.05, 4.69) is 32.9 Å². The van der Waals surface area contributed by atoms with E-state index < -0.39 is 5.97 Å². The number of carbonyl (C=O) groups is 1. The van der Waals surface area contributed by atoms with Crippen LogP contribution in [0.15, 0.2) is 23.3 Å². The molecule has 2 heteroatoms. The van der Waals surface area contributed by atoms with Gasteiger partial charge in [0.15, 0.2) is 0 Å². The Hall–Kier alpha value is -1.05. The van der Waals surface area contributed by atoms with Crippen LogP contribution in [0.2, 0.25) is 0 Å². The normalized spacial score (nSPS) is 14.4. The Kier molecular flexibility index (Phi) is 11.1. The van der Waals surface area contributed by atoms with Gasteiger partial charge in [0.05, 0.1) is 5.92 Å². The highest BCUT2D eigenvalue weighted by Crippen LogP contribution is 2.14. The largest absolute Gasteiger partial charge is 0.481 e. The van der Waals surface area contributed by atoms with E-state index in [0.717, 1.165) is 25.7 Å². The van der Waals surface area contributed by atoms with Crippen molar-refractivity contribution in [2.24, 2.45) is 5.92 Å². The number of aliphatic carboxylic acids is 1. The minimum Gasteiger partial charge on any atom is -0.481 e. The summed E-state index contributed by atoms with van der Waals surface area (Å²) in [6.45, 7) is 8.38. The molecule has 0 bridgehead atoms. The van der Waals surface area contributed by atoms with Gasteiger partial charge in [-0.05, 0) is 52.4 Å². The molecule has 0 aliphatic carbocycles. The van der Waals surface area contributed by atoms with E-state index in [-0.39, 0.29) is 5.92 Å². The second-order valence-electron chi connectivity index (χ2n) is 5.91. The summed E-state index contributed by atoms with van der Waals surface area (Å²) in [7, 11) is 0. The van der Waals surface area contributed by atoms with Gasteiger partial charge in [0, 0.05) is 0 Å². The molecule has 0 rings (SSSR count). The molecule has 0 saturated carbocycles. The van der Waals surface area contributed by atoms with Crippen LogP contribution in [0.3, 0.4) is 0 Å². The molecule has 0 heterocycles. The maximum absolute atomic E-state index is 10.7. The molecule has 0 aromatic rings. The van der Waals surface area contributed by atoms with Gasteiger partial charge in [0.25, 0.3) is 0 Å². The van der Waals surface area contributed by atoms with Crippen molar-refractivity contribution in [3.8, 4) is 0 Å². The highest BCUT2D eigenvalue weighted by molar-refractivity contribution is 5.69. The van der Waals surface area contributed by atoms with Gasteiger partial charge in [0.2, 0.25) is 0 Å². The van der Waals surface area contributed by atoms with Gasteiger partial charge in [-0.1, -0.05) is 50.0 Å². The molecule has 0 amide bonds.